The average Bonchev–Trinajstić information content (AvgIpc) is 3.11. The van der Waals surface area contributed by atoms with Crippen LogP contribution in [0.5, 0.6) is 0 Å². The Bertz CT molecular complexity index is 985. The molecule has 2 aliphatic rings. The van der Waals surface area contributed by atoms with E-state index in [1.54, 1.807) is 4.90 Å². The van der Waals surface area contributed by atoms with Crippen molar-refractivity contribution < 1.29 is 14.4 Å². The van der Waals surface area contributed by atoms with Gasteiger partial charge in [-0.25, -0.2) is 4.79 Å². The monoisotopic (exact) mass is 446 g/mol. The molecule has 172 valence electrons. The fourth-order valence-corrected chi connectivity index (χ4v) is 4.20. The van der Waals surface area contributed by atoms with E-state index in [9.17, 15) is 14.4 Å². The molecular weight excluding hydrogens is 416 g/mol. The van der Waals surface area contributed by atoms with E-state index in [1.807, 2.05) is 48.5 Å². The molecule has 1 unspecified atom stereocenters. The molecule has 2 saturated heterocycles. The fraction of sp³-hybridized carbons (Fsp3) is 0.346. The molecule has 7 nitrogen and oxygen atoms in total. The van der Waals surface area contributed by atoms with E-state index >= 15 is 0 Å². The van der Waals surface area contributed by atoms with Crippen LogP contribution in [0.15, 0.2) is 66.7 Å². The molecule has 2 fully saturated rings. The summed E-state index contributed by atoms with van der Waals surface area (Å²) in [6, 6.07) is 18.7. The molecule has 2 aromatic rings. The number of hydrogen-bond donors (Lipinski definition) is 1. The molecule has 4 amide bonds. The molecule has 4 rings (SSSR count). The summed E-state index contributed by atoms with van der Waals surface area (Å²) in [5, 5.41) is 2.68. The van der Waals surface area contributed by atoms with Gasteiger partial charge in [0, 0.05) is 39.3 Å². The van der Waals surface area contributed by atoms with Crippen molar-refractivity contribution >= 4 is 23.9 Å². The first-order chi connectivity index (χ1) is 16.1. The van der Waals surface area contributed by atoms with Gasteiger partial charge in [-0.2, -0.15) is 0 Å². The Balaban J connectivity index is 1.20. The Morgan fingerprint density at radius 3 is 2.30 bits per heavy atom. The third-order valence-corrected chi connectivity index (χ3v) is 6.15. The molecule has 0 bridgehead atoms. The van der Waals surface area contributed by atoms with Crippen LogP contribution in [0.3, 0.4) is 0 Å². The first-order valence-electron chi connectivity index (χ1n) is 11.5. The lowest BCUT2D eigenvalue weighted by molar-refractivity contribution is -0.136. The van der Waals surface area contributed by atoms with Crippen molar-refractivity contribution in [2.75, 3.05) is 39.3 Å². The SMILES string of the molecule is O=C(CC1NC(=O)N(CCc2ccccc2)C1=O)N1CCN(CC=Cc2ccccc2)CC1. The first-order valence-corrected chi connectivity index (χ1v) is 11.5. The second-order valence-electron chi connectivity index (χ2n) is 8.43. The molecule has 1 atom stereocenters. The summed E-state index contributed by atoms with van der Waals surface area (Å²) in [7, 11) is 0. The van der Waals surface area contributed by atoms with E-state index in [0.717, 1.165) is 25.2 Å². The molecule has 0 aromatic heterocycles. The van der Waals surface area contributed by atoms with Gasteiger partial charge in [0.2, 0.25) is 5.91 Å². The van der Waals surface area contributed by atoms with E-state index in [2.05, 4.69) is 34.5 Å². The second kappa shape index (κ2) is 10.9. The van der Waals surface area contributed by atoms with Crippen molar-refractivity contribution in [3.63, 3.8) is 0 Å². The average molecular weight is 447 g/mol. The minimum absolute atomic E-state index is 0.0142. The van der Waals surface area contributed by atoms with E-state index < -0.39 is 12.1 Å². The number of nitrogens with zero attached hydrogens (tertiary/aromatic N) is 3. The number of carbonyl (C=O) groups is 3. The summed E-state index contributed by atoms with van der Waals surface area (Å²) in [6.07, 6.45) is 4.86. The van der Waals surface area contributed by atoms with Gasteiger partial charge in [-0.3, -0.25) is 19.4 Å². The number of rotatable bonds is 8. The molecule has 33 heavy (non-hydrogen) atoms. The molecular formula is C26H30N4O3. The van der Waals surface area contributed by atoms with Gasteiger partial charge in [0.05, 0.1) is 6.42 Å². The molecule has 0 spiro atoms. The van der Waals surface area contributed by atoms with E-state index in [-0.39, 0.29) is 18.2 Å². The fourth-order valence-electron chi connectivity index (χ4n) is 4.20. The van der Waals surface area contributed by atoms with Crippen molar-refractivity contribution in [3.8, 4) is 0 Å². The van der Waals surface area contributed by atoms with Gasteiger partial charge in [-0.1, -0.05) is 72.8 Å². The van der Waals surface area contributed by atoms with Crippen molar-refractivity contribution in [1.82, 2.24) is 20.0 Å². The van der Waals surface area contributed by atoms with Gasteiger partial charge >= 0.3 is 6.03 Å². The number of piperazine rings is 1. The highest BCUT2D eigenvalue weighted by atomic mass is 16.2. The van der Waals surface area contributed by atoms with Crippen LogP contribution >= 0.6 is 0 Å². The van der Waals surface area contributed by atoms with Crippen LogP contribution in [0, 0.1) is 0 Å². The summed E-state index contributed by atoms with van der Waals surface area (Å²) >= 11 is 0. The number of amides is 4. The van der Waals surface area contributed by atoms with Gasteiger partial charge in [-0.15, -0.1) is 0 Å². The Hall–Kier alpha value is -3.45. The quantitative estimate of drug-likeness (QED) is 0.632. The number of urea groups is 1. The predicted octanol–water partition coefficient (Wildman–Crippen LogP) is 2.40. The largest absolute Gasteiger partial charge is 0.340 e. The lowest BCUT2D eigenvalue weighted by Gasteiger charge is -2.34. The normalized spacial score (nSPS) is 19.3. The molecule has 2 aliphatic heterocycles. The summed E-state index contributed by atoms with van der Waals surface area (Å²) in [6.45, 7) is 3.99. The van der Waals surface area contributed by atoms with Gasteiger partial charge in [-0.05, 0) is 17.5 Å². The molecule has 1 N–H and O–H groups in total. The zero-order chi connectivity index (χ0) is 23.0. The predicted molar refractivity (Wildman–Crippen MR) is 127 cm³/mol. The number of nitrogens with one attached hydrogen (secondary N) is 1. The summed E-state index contributed by atoms with van der Waals surface area (Å²) in [5.41, 5.74) is 2.24. The smallest absolute Gasteiger partial charge is 0.324 e. The zero-order valence-corrected chi connectivity index (χ0v) is 18.7. The van der Waals surface area contributed by atoms with Gasteiger partial charge in [0.25, 0.3) is 5.91 Å². The second-order valence-corrected chi connectivity index (χ2v) is 8.43. The van der Waals surface area contributed by atoms with E-state index in [4.69, 9.17) is 0 Å². The molecule has 0 saturated carbocycles. The number of imide groups is 1. The first kappa shape index (κ1) is 22.7. The lowest BCUT2D eigenvalue weighted by atomic mass is 10.1. The van der Waals surface area contributed by atoms with Crippen LogP contribution in [-0.4, -0.2) is 77.9 Å². The number of benzene rings is 2. The standard InChI is InChI=1S/C26H30N4O3/c31-24(29-18-16-28(17-19-29)14-7-12-21-8-3-1-4-9-21)20-23-25(32)30(26(33)27-23)15-13-22-10-5-2-6-11-22/h1-12,23H,13-20H2,(H,27,33). The Morgan fingerprint density at radius 1 is 0.939 bits per heavy atom. The van der Waals surface area contributed by atoms with Gasteiger partial charge < -0.3 is 10.2 Å². The van der Waals surface area contributed by atoms with Crippen molar-refractivity contribution in [1.29, 1.82) is 0 Å². The maximum Gasteiger partial charge on any atom is 0.324 e. The zero-order valence-electron chi connectivity index (χ0n) is 18.7. The minimum atomic E-state index is -0.771. The lowest BCUT2D eigenvalue weighted by Crippen LogP contribution is -2.50. The Labute approximate surface area is 194 Å². The Morgan fingerprint density at radius 2 is 1.61 bits per heavy atom. The Kier molecular flexibility index (Phi) is 7.52. The van der Waals surface area contributed by atoms with Crippen LogP contribution < -0.4 is 5.32 Å². The number of carbonyl (C=O) groups excluding carboxylic acids is 3. The maximum atomic E-state index is 12.8. The van der Waals surface area contributed by atoms with Gasteiger partial charge in [0.15, 0.2) is 0 Å². The van der Waals surface area contributed by atoms with Crippen LogP contribution in [0.2, 0.25) is 0 Å². The van der Waals surface area contributed by atoms with Crippen molar-refractivity contribution in [2.24, 2.45) is 0 Å². The summed E-state index contributed by atoms with van der Waals surface area (Å²) in [4.78, 5) is 43.1. The summed E-state index contributed by atoms with van der Waals surface area (Å²) < 4.78 is 0. The molecule has 0 aliphatic carbocycles. The highest BCUT2D eigenvalue weighted by molar-refractivity contribution is 6.05. The van der Waals surface area contributed by atoms with Crippen LogP contribution in [0.1, 0.15) is 17.5 Å². The van der Waals surface area contributed by atoms with Crippen LogP contribution in [0.4, 0.5) is 4.79 Å². The van der Waals surface area contributed by atoms with Crippen LogP contribution in [-0.2, 0) is 16.0 Å². The van der Waals surface area contributed by atoms with E-state index in [0.29, 0.717) is 26.1 Å². The van der Waals surface area contributed by atoms with Crippen molar-refractivity contribution in [3.05, 3.63) is 77.9 Å². The van der Waals surface area contributed by atoms with E-state index in [1.165, 1.54) is 10.5 Å². The topological polar surface area (TPSA) is 73.0 Å². The molecule has 2 aromatic carbocycles. The van der Waals surface area contributed by atoms with Gasteiger partial charge in [0.1, 0.15) is 6.04 Å². The minimum Gasteiger partial charge on any atom is -0.340 e. The molecule has 2 heterocycles. The molecule has 0 radical (unpaired) electrons. The highest BCUT2D eigenvalue weighted by Gasteiger charge is 2.39. The maximum absolute atomic E-state index is 12.8. The number of hydrogen-bond acceptors (Lipinski definition) is 4. The highest BCUT2D eigenvalue weighted by Crippen LogP contribution is 2.14. The van der Waals surface area contributed by atoms with Crippen LogP contribution in [0.25, 0.3) is 6.08 Å². The summed E-state index contributed by atoms with van der Waals surface area (Å²) in [5.74, 6) is -0.396. The third kappa shape index (κ3) is 6.08. The third-order valence-electron chi connectivity index (χ3n) is 6.15. The molecule has 7 heteroatoms. The van der Waals surface area contributed by atoms with Crippen molar-refractivity contribution in [2.45, 2.75) is 18.9 Å².